The van der Waals surface area contributed by atoms with E-state index in [4.69, 9.17) is 4.74 Å². The second-order valence-corrected chi connectivity index (χ2v) is 4.89. The number of hydrogen-bond acceptors (Lipinski definition) is 3. The number of hydrogen-bond donors (Lipinski definition) is 1. The molecule has 0 bridgehead atoms. The van der Waals surface area contributed by atoms with Gasteiger partial charge in [-0.1, -0.05) is 12.1 Å². The Morgan fingerprint density at radius 2 is 2.10 bits per heavy atom. The lowest BCUT2D eigenvalue weighted by Gasteiger charge is -2.06. The van der Waals surface area contributed by atoms with Crippen molar-refractivity contribution in [3.05, 3.63) is 53.9 Å². The van der Waals surface area contributed by atoms with Gasteiger partial charge in [0.1, 0.15) is 5.75 Å². The van der Waals surface area contributed by atoms with E-state index in [9.17, 15) is 4.79 Å². The first-order chi connectivity index (χ1) is 10.1. The van der Waals surface area contributed by atoms with Gasteiger partial charge in [-0.2, -0.15) is 5.10 Å². The Morgan fingerprint density at radius 1 is 1.33 bits per heavy atom. The van der Waals surface area contributed by atoms with E-state index in [1.165, 1.54) is 7.11 Å². The summed E-state index contributed by atoms with van der Waals surface area (Å²) in [5, 5.41) is 3.97. The molecule has 1 N–H and O–H groups in total. The van der Waals surface area contributed by atoms with E-state index in [1.807, 2.05) is 24.5 Å². The van der Waals surface area contributed by atoms with Crippen LogP contribution in [0.25, 0.3) is 0 Å². The van der Waals surface area contributed by atoms with Crippen LogP contribution in [0.15, 0.2) is 47.8 Å². The SMILES string of the molecule is COc1ccccc1C(=O)N/N=C\c1ccn(C(C)C)c1. The first kappa shape index (κ1) is 14.8. The van der Waals surface area contributed by atoms with Crippen molar-refractivity contribution in [1.29, 1.82) is 0 Å². The topological polar surface area (TPSA) is 55.6 Å². The molecule has 110 valence electrons. The van der Waals surface area contributed by atoms with Gasteiger partial charge in [0.15, 0.2) is 0 Å². The van der Waals surface area contributed by atoms with Gasteiger partial charge >= 0.3 is 0 Å². The highest BCUT2D eigenvalue weighted by Crippen LogP contribution is 2.16. The summed E-state index contributed by atoms with van der Waals surface area (Å²) in [5.74, 6) is 0.225. The first-order valence-corrected chi connectivity index (χ1v) is 6.75. The van der Waals surface area contributed by atoms with Gasteiger partial charge < -0.3 is 9.30 Å². The minimum Gasteiger partial charge on any atom is -0.496 e. The quantitative estimate of drug-likeness (QED) is 0.678. The number of ether oxygens (including phenoxy) is 1. The van der Waals surface area contributed by atoms with Crippen molar-refractivity contribution in [3.63, 3.8) is 0 Å². The molecule has 0 aliphatic carbocycles. The Bertz CT molecular complexity index is 644. The van der Waals surface area contributed by atoms with Crippen LogP contribution in [0.1, 0.15) is 35.8 Å². The molecule has 0 aliphatic rings. The number of carbonyl (C=O) groups is 1. The van der Waals surface area contributed by atoms with Crippen molar-refractivity contribution in [1.82, 2.24) is 9.99 Å². The standard InChI is InChI=1S/C16H19N3O2/c1-12(2)19-9-8-13(11-19)10-17-18-16(20)14-6-4-5-7-15(14)21-3/h4-12H,1-3H3,(H,18,20)/b17-10-. The molecule has 2 rings (SSSR count). The maximum Gasteiger partial charge on any atom is 0.275 e. The molecule has 0 atom stereocenters. The van der Waals surface area contributed by atoms with Crippen LogP contribution in [0.3, 0.4) is 0 Å². The lowest BCUT2D eigenvalue weighted by Crippen LogP contribution is -2.18. The van der Waals surface area contributed by atoms with Crippen molar-refractivity contribution >= 4 is 12.1 Å². The number of benzene rings is 1. The number of rotatable bonds is 5. The molecular weight excluding hydrogens is 266 g/mol. The van der Waals surface area contributed by atoms with E-state index in [0.717, 1.165) is 5.56 Å². The summed E-state index contributed by atoms with van der Waals surface area (Å²) < 4.78 is 7.22. The Hall–Kier alpha value is -2.56. The number of nitrogens with one attached hydrogen (secondary N) is 1. The van der Waals surface area contributed by atoms with Crippen LogP contribution < -0.4 is 10.2 Å². The molecule has 1 aromatic heterocycles. The van der Waals surface area contributed by atoms with Crippen LogP contribution in [-0.2, 0) is 0 Å². The predicted molar refractivity (Wildman–Crippen MR) is 82.9 cm³/mol. The summed E-state index contributed by atoms with van der Waals surface area (Å²) in [7, 11) is 1.53. The predicted octanol–water partition coefficient (Wildman–Crippen LogP) is 2.84. The van der Waals surface area contributed by atoms with Crippen LogP contribution >= 0.6 is 0 Å². The van der Waals surface area contributed by atoms with Gasteiger partial charge in [-0.25, -0.2) is 5.43 Å². The van der Waals surface area contributed by atoms with Crippen molar-refractivity contribution in [3.8, 4) is 5.75 Å². The Balaban J connectivity index is 2.01. The Labute approximate surface area is 124 Å². The van der Waals surface area contributed by atoms with Gasteiger partial charge in [0.2, 0.25) is 0 Å². The average Bonchev–Trinajstić information content (AvgIpc) is 2.96. The summed E-state index contributed by atoms with van der Waals surface area (Å²) in [6, 6.07) is 9.37. The van der Waals surface area contributed by atoms with Crippen molar-refractivity contribution in [2.75, 3.05) is 7.11 Å². The molecule has 0 saturated carbocycles. The smallest absolute Gasteiger partial charge is 0.275 e. The Morgan fingerprint density at radius 3 is 2.76 bits per heavy atom. The molecule has 1 heterocycles. The molecule has 0 fully saturated rings. The molecule has 0 saturated heterocycles. The van der Waals surface area contributed by atoms with Crippen LogP contribution in [-0.4, -0.2) is 23.8 Å². The number of aromatic nitrogens is 1. The largest absolute Gasteiger partial charge is 0.496 e. The van der Waals surface area contributed by atoms with E-state index in [1.54, 1.807) is 24.4 Å². The van der Waals surface area contributed by atoms with E-state index in [2.05, 4.69) is 28.9 Å². The molecule has 2 aromatic rings. The van der Waals surface area contributed by atoms with Gasteiger partial charge in [-0.3, -0.25) is 4.79 Å². The molecule has 0 unspecified atom stereocenters. The van der Waals surface area contributed by atoms with Crippen molar-refractivity contribution in [2.24, 2.45) is 5.10 Å². The highest BCUT2D eigenvalue weighted by Gasteiger charge is 2.09. The number of para-hydroxylation sites is 1. The first-order valence-electron chi connectivity index (χ1n) is 6.75. The van der Waals surface area contributed by atoms with E-state index in [0.29, 0.717) is 17.4 Å². The summed E-state index contributed by atoms with van der Waals surface area (Å²) in [6.07, 6.45) is 5.57. The molecule has 5 nitrogen and oxygen atoms in total. The zero-order valence-electron chi connectivity index (χ0n) is 12.4. The van der Waals surface area contributed by atoms with Crippen LogP contribution in [0.2, 0.25) is 0 Å². The van der Waals surface area contributed by atoms with Gasteiger partial charge in [0.25, 0.3) is 5.91 Å². The summed E-state index contributed by atoms with van der Waals surface area (Å²) in [6.45, 7) is 4.20. The highest BCUT2D eigenvalue weighted by atomic mass is 16.5. The number of carbonyl (C=O) groups excluding carboxylic acids is 1. The Kier molecular flexibility index (Phi) is 4.77. The third-order valence-corrected chi connectivity index (χ3v) is 3.06. The second kappa shape index (κ2) is 6.74. The summed E-state index contributed by atoms with van der Waals surface area (Å²) in [4.78, 5) is 12.0. The zero-order chi connectivity index (χ0) is 15.2. The highest BCUT2D eigenvalue weighted by molar-refractivity contribution is 5.97. The fourth-order valence-corrected chi connectivity index (χ4v) is 1.89. The monoisotopic (exact) mass is 285 g/mol. The van der Waals surface area contributed by atoms with Gasteiger partial charge in [0, 0.05) is 24.0 Å². The van der Waals surface area contributed by atoms with Crippen LogP contribution in [0.4, 0.5) is 0 Å². The average molecular weight is 285 g/mol. The third-order valence-electron chi connectivity index (χ3n) is 3.06. The third kappa shape index (κ3) is 3.72. The molecule has 1 amide bonds. The second-order valence-electron chi connectivity index (χ2n) is 4.89. The maximum atomic E-state index is 12.0. The summed E-state index contributed by atoms with van der Waals surface area (Å²) >= 11 is 0. The normalized spacial score (nSPS) is 11.0. The number of hydrazone groups is 1. The van der Waals surface area contributed by atoms with E-state index in [-0.39, 0.29) is 5.91 Å². The van der Waals surface area contributed by atoms with Crippen molar-refractivity contribution < 1.29 is 9.53 Å². The molecule has 1 aromatic carbocycles. The number of methoxy groups -OCH3 is 1. The molecule has 0 radical (unpaired) electrons. The molecule has 0 spiro atoms. The minimum absolute atomic E-state index is 0.299. The fourth-order valence-electron chi connectivity index (χ4n) is 1.89. The zero-order valence-corrected chi connectivity index (χ0v) is 12.4. The van der Waals surface area contributed by atoms with Gasteiger partial charge in [-0.15, -0.1) is 0 Å². The van der Waals surface area contributed by atoms with E-state index < -0.39 is 0 Å². The van der Waals surface area contributed by atoms with Crippen LogP contribution in [0.5, 0.6) is 5.75 Å². The van der Waals surface area contributed by atoms with Crippen LogP contribution in [0, 0.1) is 0 Å². The summed E-state index contributed by atoms with van der Waals surface area (Å²) in [5.41, 5.74) is 3.89. The molecular formula is C16H19N3O2. The van der Waals surface area contributed by atoms with Gasteiger partial charge in [-0.05, 0) is 32.0 Å². The minimum atomic E-state index is -0.299. The number of nitrogens with zero attached hydrogens (tertiary/aromatic N) is 2. The maximum absolute atomic E-state index is 12.0. The van der Waals surface area contributed by atoms with Gasteiger partial charge in [0.05, 0.1) is 18.9 Å². The molecule has 21 heavy (non-hydrogen) atoms. The fraction of sp³-hybridized carbons (Fsp3) is 0.250. The number of amides is 1. The molecule has 5 heteroatoms. The van der Waals surface area contributed by atoms with E-state index >= 15 is 0 Å². The lowest BCUT2D eigenvalue weighted by atomic mass is 10.2. The van der Waals surface area contributed by atoms with Crippen molar-refractivity contribution in [2.45, 2.75) is 19.9 Å². The molecule has 0 aliphatic heterocycles. The lowest BCUT2D eigenvalue weighted by molar-refractivity contribution is 0.0952.